The van der Waals surface area contributed by atoms with Crippen LogP contribution < -0.4 is 0 Å². The van der Waals surface area contributed by atoms with Crippen LogP contribution in [0.4, 0.5) is 0 Å². The average Bonchev–Trinajstić information content (AvgIpc) is 3.29. The SMILES string of the molecule is C[C@@H]1CC[C@@]2(OC1)O[C@H]1C[C@H]3[C@@H]4CC[C@]5(O)[C@@H](OS(=O)(=O)O)[C@@H](O)[C@@H](O)[C@@H](O)[C@]5(C)[C@H]4CC[C@]3(C)[C@H]1[C@@H]2C. The van der Waals surface area contributed by atoms with Gasteiger partial charge in [-0.1, -0.05) is 27.7 Å². The number of aliphatic hydroxyl groups is 4. The molecule has 4 saturated carbocycles. The van der Waals surface area contributed by atoms with Crippen LogP contribution in [0, 0.1) is 46.3 Å². The lowest BCUT2D eigenvalue weighted by molar-refractivity contribution is -0.320. The normalized spacial score (nSPS) is 60.2. The first-order chi connectivity index (χ1) is 17.6. The Morgan fingerprint density at radius 1 is 0.947 bits per heavy atom. The van der Waals surface area contributed by atoms with Gasteiger partial charge in [0.1, 0.15) is 23.9 Å². The highest BCUT2D eigenvalue weighted by Gasteiger charge is 2.75. The summed E-state index contributed by atoms with van der Waals surface area (Å²) >= 11 is 0. The first-order valence-electron chi connectivity index (χ1n) is 14.3. The minimum atomic E-state index is -5.04. The summed E-state index contributed by atoms with van der Waals surface area (Å²) in [5.74, 6) is 0.693. The molecule has 0 amide bonds. The second kappa shape index (κ2) is 8.58. The van der Waals surface area contributed by atoms with E-state index in [2.05, 4.69) is 20.8 Å². The van der Waals surface area contributed by atoms with E-state index in [1.165, 1.54) is 0 Å². The number of rotatable bonds is 2. The van der Waals surface area contributed by atoms with Gasteiger partial charge in [-0.2, -0.15) is 8.42 Å². The summed E-state index contributed by atoms with van der Waals surface area (Å²) in [7, 11) is -5.04. The quantitative estimate of drug-likeness (QED) is 0.314. The number of ether oxygens (including phenoxy) is 2. The first-order valence-corrected chi connectivity index (χ1v) is 15.7. The van der Waals surface area contributed by atoms with Gasteiger partial charge in [-0.05, 0) is 73.5 Å². The molecule has 2 aliphatic heterocycles. The van der Waals surface area contributed by atoms with Crippen molar-refractivity contribution in [3.8, 4) is 0 Å². The third-order valence-electron chi connectivity index (χ3n) is 12.6. The molecule has 2 heterocycles. The van der Waals surface area contributed by atoms with E-state index in [1.807, 2.05) is 0 Å². The third-order valence-corrected chi connectivity index (χ3v) is 13.0. The van der Waals surface area contributed by atoms with Crippen LogP contribution in [0.3, 0.4) is 0 Å². The number of hydrogen-bond donors (Lipinski definition) is 5. The van der Waals surface area contributed by atoms with E-state index in [1.54, 1.807) is 6.92 Å². The molecule has 15 atom stereocenters. The van der Waals surface area contributed by atoms with Crippen molar-refractivity contribution in [3.05, 3.63) is 0 Å². The van der Waals surface area contributed by atoms with Crippen molar-refractivity contribution in [1.82, 2.24) is 0 Å². The van der Waals surface area contributed by atoms with Crippen molar-refractivity contribution >= 4 is 10.4 Å². The maximum Gasteiger partial charge on any atom is 0.397 e. The van der Waals surface area contributed by atoms with Crippen LogP contribution in [0.15, 0.2) is 0 Å². The summed E-state index contributed by atoms with van der Waals surface area (Å²) in [6.07, 6.45) is -1.90. The fourth-order valence-corrected chi connectivity index (χ4v) is 11.2. The van der Waals surface area contributed by atoms with E-state index >= 15 is 0 Å². The smallest absolute Gasteiger partial charge is 0.390 e. The van der Waals surface area contributed by atoms with Crippen molar-refractivity contribution in [2.75, 3.05) is 6.61 Å². The molecule has 0 aromatic carbocycles. The van der Waals surface area contributed by atoms with Crippen molar-refractivity contribution < 1.29 is 47.1 Å². The Kier molecular flexibility index (Phi) is 6.27. The molecule has 38 heavy (non-hydrogen) atoms. The topological polar surface area (TPSA) is 163 Å². The molecule has 5 N–H and O–H groups in total. The van der Waals surface area contributed by atoms with Gasteiger partial charge >= 0.3 is 10.4 Å². The summed E-state index contributed by atoms with van der Waals surface area (Å²) in [6.45, 7) is 9.21. The van der Waals surface area contributed by atoms with Crippen LogP contribution >= 0.6 is 0 Å². The van der Waals surface area contributed by atoms with Gasteiger partial charge in [0.15, 0.2) is 5.79 Å². The Morgan fingerprint density at radius 2 is 1.66 bits per heavy atom. The number of aliphatic hydroxyl groups excluding tert-OH is 3. The van der Waals surface area contributed by atoms with E-state index in [9.17, 15) is 33.4 Å². The highest BCUT2D eigenvalue weighted by atomic mass is 32.3. The first kappa shape index (κ1) is 27.8. The van der Waals surface area contributed by atoms with E-state index in [0.717, 1.165) is 25.7 Å². The molecule has 218 valence electrons. The lowest BCUT2D eigenvalue weighted by Gasteiger charge is -2.67. The van der Waals surface area contributed by atoms with Gasteiger partial charge in [0.25, 0.3) is 0 Å². The molecule has 6 aliphatic rings. The molecule has 4 aliphatic carbocycles. The van der Waals surface area contributed by atoms with Crippen molar-refractivity contribution in [3.63, 3.8) is 0 Å². The zero-order valence-corrected chi connectivity index (χ0v) is 23.5. The molecule has 0 bridgehead atoms. The summed E-state index contributed by atoms with van der Waals surface area (Å²) in [5, 5.41) is 44.8. The Morgan fingerprint density at radius 3 is 2.29 bits per heavy atom. The zero-order chi connectivity index (χ0) is 27.6. The molecule has 10 nitrogen and oxygen atoms in total. The monoisotopic (exact) mass is 560 g/mol. The van der Waals surface area contributed by atoms with Crippen LogP contribution in [0.1, 0.15) is 72.6 Å². The Balaban J connectivity index is 1.32. The number of fused-ring (bicyclic) bond motifs is 7. The maximum atomic E-state index is 12.0. The van der Waals surface area contributed by atoms with E-state index in [-0.39, 0.29) is 41.6 Å². The minimum Gasteiger partial charge on any atom is -0.390 e. The molecule has 0 unspecified atom stereocenters. The Hall–Kier alpha value is -0.370. The average molecular weight is 561 g/mol. The highest BCUT2D eigenvalue weighted by molar-refractivity contribution is 7.80. The lowest BCUT2D eigenvalue weighted by atomic mass is 9.41. The predicted molar refractivity (Wildman–Crippen MR) is 134 cm³/mol. The van der Waals surface area contributed by atoms with Crippen LogP contribution in [0.2, 0.25) is 0 Å². The molecule has 0 aromatic rings. The second-order valence-electron chi connectivity index (χ2n) is 14.0. The molecule has 6 rings (SSSR count). The molecular formula is C27H44O10S. The van der Waals surface area contributed by atoms with Crippen LogP contribution in [-0.2, 0) is 24.1 Å². The summed E-state index contributed by atoms with van der Waals surface area (Å²) in [6, 6.07) is 0. The van der Waals surface area contributed by atoms with Gasteiger partial charge in [0.2, 0.25) is 0 Å². The Bertz CT molecular complexity index is 1060. The van der Waals surface area contributed by atoms with Crippen molar-refractivity contribution in [2.24, 2.45) is 46.3 Å². The molecule has 0 aromatic heterocycles. The van der Waals surface area contributed by atoms with E-state index in [0.29, 0.717) is 31.3 Å². The molecule has 1 spiro atoms. The van der Waals surface area contributed by atoms with Crippen molar-refractivity contribution in [1.29, 1.82) is 0 Å². The number of hydrogen-bond acceptors (Lipinski definition) is 9. The largest absolute Gasteiger partial charge is 0.397 e. The Labute approximate surface area is 225 Å². The van der Waals surface area contributed by atoms with E-state index in [4.69, 9.17) is 13.7 Å². The molecular weight excluding hydrogens is 516 g/mol. The second-order valence-corrected chi connectivity index (χ2v) is 15.1. The molecule has 0 radical (unpaired) electrons. The minimum absolute atomic E-state index is 0.0188. The van der Waals surface area contributed by atoms with Crippen molar-refractivity contribution in [2.45, 2.75) is 115 Å². The van der Waals surface area contributed by atoms with Gasteiger partial charge in [0, 0.05) is 17.8 Å². The lowest BCUT2D eigenvalue weighted by Crippen LogP contribution is -2.78. The van der Waals surface area contributed by atoms with Gasteiger partial charge in [-0.15, -0.1) is 0 Å². The highest BCUT2D eigenvalue weighted by Crippen LogP contribution is 2.72. The maximum absolute atomic E-state index is 12.0. The molecule has 11 heteroatoms. The predicted octanol–water partition coefficient (Wildman–Crippen LogP) is 1.65. The van der Waals surface area contributed by atoms with Gasteiger partial charge < -0.3 is 29.9 Å². The summed E-state index contributed by atoms with van der Waals surface area (Å²) in [4.78, 5) is 0. The summed E-state index contributed by atoms with van der Waals surface area (Å²) < 4.78 is 50.7. The van der Waals surface area contributed by atoms with Gasteiger partial charge in [-0.3, -0.25) is 4.55 Å². The fourth-order valence-electron chi connectivity index (χ4n) is 10.6. The van der Waals surface area contributed by atoms with Gasteiger partial charge in [0.05, 0.1) is 18.8 Å². The van der Waals surface area contributed by atoms with Crippen LogP contribution in [0.25, 0.3) is 0 Å². The third kappa shape index (κ3) is 3.49. The van der Waals surface area contributed by atoms with E-state index < -0.39 is 51.6 Å². The van der Waals surface area contributed by atoms with Gasteiger partial charge in [-0.25, -0.2) is 4.18 Å². The van der Waals surface area contributed by atoms with Crippen LogP contribution in [-0.4, -0.2) is 81.9 Å². The molecule has 6 fully saturated rings. The zero-order valence-electron chi connectivity index (χ0n) is 22.7. The molecule has 2 saturated heterocycles. The standard InChI is InChI=1S/C27H44O10S/c1-13-5-10-27(35-12-13)14(2)19-18(36-27)11-17-15-6-9-26(31)23(37-38(32,33)34)21(29)20(28)22(30)25(26,4)16(15)7-8-24(17,19)3/h13-23,28-31H,5-12H2,1-4H3,(H,32,33,34)/t13-,14+,15-,16+,17+,18+,19+,20-,21+,22-,23+,24+,25+,26+,27-/m1/s1. The fraction of sp³-hybridized carbons (Fsp3) is 1.00. The van der Waals surface area contributed by atoms with Crippen LogP contribution in [0.5, 0.6) is 0 Å². The summed E-state index contributed by atoms with van der Waals surface area (Å²) in [5.41, 5.74) is -3.35.